The van der Waals surface area contributed by atoms with E-state index in [4.69, 9.17) is 30.8 Å². The van der Waals surface area contributed by atoms with E-state index in [-0.39, 0.29) is 15.1 Å². The first-order chi connectivity index (χ1) is 6.24. The van der Waals surface area contributed by atoms with Gasteiger partial charge >= 0.3 is 34.5 Å². The fourth-order valence-corrected chi connectivity index (χ4v) is 0.750. The predicted molar refractivity (Wildman–Crippen MR) is 68.3 cm³/mol. The molecule has 0 rings (SSSR count). The van der Waals surface area contributed by atoms with Crippen molar-refractivity contribution in [2.45, 2.75) is 0 Å². The van der Waals surface area contributed by atoms with Crippen molar-refractivity contribution in [3.8, 4) is 0 Å². The molecule has 0 aromatic heterocycles. The molecule has 7 heteroatoms. The standard InChI is InChI=1S/2C3H9NP.2ClH.Ru/c2*1-5-3-2-4;;;/h2*4-5H,2-3H2,1H3;2*1H;/q2*-1;;;+4/p-2. The number of hydrogen-bond donors (Lipinski definition) is 0. The van der Waals surface area contributed by atoms with E-state index < -0.39 is 0 Å². The summed E-state index contributed by atoms with van der Waals surface area (Å²) in [5.74, 6) is 0. The second-order valence-electron chi connectivity index (χ2n) is 1.76. The van der Waals surface area contributed by atoms with Crippen LogP contribution in [0.2, 0.25) is 0 Å². The van der Waals surface area contributed by atoms with Crippen molar-refractivity contribution in [2.24, 2.45) is 0 Å². The molecule has 0 aromatic carbocycles. The molecule has 0 saturated heterocycles. The van der Waals surface area contributed by atoms with Crippen LogP contribution < -0.4 is 0 Å². The van der Waals surface area contributed by atoms with Crippen LogP contribution in [-0.4, -0.2) is 38.7 Å². The van der Waals surface area contributed by atoms with Crippen LogP contribution in [0.5, 0.6) is 0 Å². The Labute approximate surface area is 102 Å². The Morgan fingerprint density at radius 2 is 1.23 bits per heavy atom. The maximum atomic E-state index is 6.61. The van der Waals surface area contributed by atoms with E-state index in [2.05, 4.69) is 13.3 Å². The van der Waals surface area contributed by atoms with Crippen LogP contribution in [0.1, 0.15) is 0 Å². The molecule has 0 fully saturated rings. The summed E-state index contributed by atoms with van der Waals surface area (Å²) in [5.41, 5.74) is 13.2. The van der Waals surface area contributed by atoms with Crippen LogP contribution in [-0.2, 0) is 15.1 Å². The minimum absolute atomic E-state index is 0.346. The Morgan fingerprint density at radius 3 is 1.23 bits per heavy atom. The number of hydrogen-bond acceptors (Lipinski definition) is 0. The molecule has 0 spiro atoms. The van der Waals surface area contributed by atoms with Crippen molar-refractivity contribution in [1.82, 2.24) is 0 Å². The molecule has 13 heavy (non-hydrogen) atoms. The zero-order chi connectivity index (χ0) is 10.9. The van der Waals surface area contributed by atoms with Gasteiger partial charge in [-0.15, -0.1) is 30.3 Å². The Morgan fingerprint density at radius 1 is 1.00 bits per heavy atom. The van der Waals surface area contributed by atoms with Gasteiger partial charge < -0.3 is 11.5 Å². The van der Waals surface area contributed by atoms with Gasteiger partial charge in [0, 0.05) is 0 Å². The van der Waals surface area contributed by atoms with Gasteiger partial charge in [-0.05, 0) is 13.3 Å². The summed E-state index contributed by atoms with van der Waals surface area (Å²) in [7, 11) is 11.6. The Bertz CT molecular complexity index is 55.9. The predicted octanol–water partition coefficient (Wildman–Crippen LogP) is 4.07. The normalized spacial score (nSPS) is 9.69. The summed E-state index contributed by atoms with van der Waals surface area (Å²) in [6, 6.07) is 0. The van der Waals surface area contributed by atoms with E-state index in [9.17, 15) is 0 Å². The van der Waals surface area contributed by atoms with Crippen LogP contribution in [0.3, 0.4) is 0 Å². The second kappa shape index (κ2) is 29.2. The van der Waals surface area contributed by atoms with Crippen molar-refractivity contribution in [2.75, 3.05) is 38.7 Å². The molecule has 0 saturated carbocycles. The SMILES string of the molecule is CPCC[NH-].CPCC[NH-].[Cl][Ru+2][Cl]. The first-order valence-electron chi connectivity index (χ1n) is 3.68. The molecular formula is C6H18Cl2N2P2Ru. The molecule has 0 bridgehead atoms. The summed E-state index contributed by atoms with van der Waals surface area (Å²) in [6.07, 6.45) is 2.17. The third-order valence-corrected chi connectivity index (χ3v) is 2.25. The van der Waals surface area contributed by atoms with Crippen LogP contribution in [0.25, 0.3) is 11.5 Å². The van der Waals surface area contributed by atoms with Crippen molar-refractivity contribution in [3.05, 3.63) is 11.5 Å². The maximum absolute atomic E-state index is 6.61. The van der Waals surface area contributed by atoms with Crippen molar-refractivity contribution >= 4 is 36.5 Å². The molecule has 0 radical (unpaired) electrons. The molecule has 0 aliphatic rings. The zero-order valence-electron chi connectivity index (χ0n) is 7.94. The average molecular weight is 352 g/mol. The molecule has 0 heterocycles. The minimum atomic E-state index is -0.346. The van der Waals surface area contributed by atoms with Crippen LogP contribution in [0, 0.1) is 0 Å². The zero-order valence-corrected chi connectivity index (χ0v) is 13.2. The molecule has 0 aliphatic carbocycles. The van der Waals surface area contributed by atoms with Crippen LogP contribution in [0.15, 0.2) is 0 Å². The van der Waals surface area contributed by atoms with Gasteiger partial charge in [0.1, 0.15) is 0 Å². The van der Waals surface area contributed by atoms with E-state index >= 15 is 0 Å². The second-order valence-corrected chi connectivity index (χ2v) is 6.81. The fraction of sp³-hybridized carbons (Fsp3) is 1.00. The van der Waals surface area contributed by atoms with Crippen molar-refractivity contribution in [3.63, 3.8) is 0 Å². The van der Waals surface area contributed by atoms with Gasteiger partial charge in [-0.25, -0.2) is 0 Å². The topological polar surface area (TPSA) is 47.6 Å². The molecule has 2 unspecified atom stereocenters. The van der Waals surface area contributed by atoms with E-state index in [0.29, 0.717) is 13.1 Å². The summed E-state index contributed by atoms with van der Waals surface area (Å²) in [6.45, 7) is 5.45. The van der Waals surface area contributed by atoms with E-state index in [1.807, 2.05) is 0 Å². The monoisotopic (exact) mass is 352 g/mol. The van der Waals surface area contributed by atoms with Crippen molar-refractivity contribution < 1.29 is 15.1 Å². The number of nitrogens with one attached hydrogen (secondary N) is 2. The average Bonchev–Trinajstić information content (AvgIpc) is 2.09. The van der Waals surface area contributed by atoms with Crippen LogP contribution in [0.4, 0.5) is 0 Å². The summed E-state index contributed by atoms with van der Waals surface area (Å²) in [5, 5.41) is 0. The van der Waals surface area contributed by atoms with Crippen molar-refractivity contribution in [1.29, 1.82) is 0 Å². The van der Waals surface area contributed by atoms with Gasteiger partial charge in [0.2, 0.25) is 0 Å². The third-order valence-electron chi connectivity index (χ3n) is 0.750. The first kappa shape index (κ1) is 20.4. The molecule has 2 N–H and O–H groups in total. The van der Waals surface area contributed by atoms with E-state index in [1.165, 1.54) is 0 Å². The molecule has 0 aromatic rings. The van der Waals surface area contributed by atoms with Gasteiger partial charge in [-0.2, -0.15) is 0 Å². The fourth-order valence-electron chi connectivity index (χ4n) is 0.250. The van der Waals surface area contributed by atoms with Gasteiger partial charge in [0.25, 0.3) is 0 Å². The van der Waals surface area contributed by atoms with E-state index in [0.717, 1.165) is 29.5 Å². The number of rotatable bonds is 4. The molecule has 0 amide bonds. The van der Waals surface area contributed by atoms with E-state index in [1.54, 1.807) is 0 Å². The molecule has 84 valence electrons. The Balaban J connectivity index is -0.000000120. The summed E-state index contributed by atoms with van der Waals surface area (Å²) < 4.78 is 0. The molecular weight excluding hydrogens is 334 g/mol. The molecule has 2 nitrogen and oxygen atoms in total. The van der Waals surface area contributed by atoms with Gasteiger partial charge in [0.05, 0.1) is 0 Å². The Kier molecular flexibility index (Phi) is 45.8. The first-order valence-corrected chi connectivity index (χ1v) is 11.6. The van der Waals surface area contributed by atoms with Gasteiger partial charge in [0.15, 0.2) is 0 Å². The quantitative estimate of drug-likeness (QED) is 0.541. The summed E-state index contributed by atoms with van der Waals surface area (Å²) in [4.78, 5) is 0. The van der Waals surface area contributed by atoms with Gasteiger partial charge in [-0.1, -0.05) is 12.3 Å². The Hall–Kier alpha value is 1.98. The van der Waals surface area contributed by atoms with Crippen LogP contribution >= 0.6 is 36.5 Å². The number of halogens is 2. The summed E-state index contributed by atoms with van der Waals surface area (Å²) >= 11 is -0.346. The molecule has 2 atom stereocenters. The third kappa shape index (κ3) is 56.1. The van der Waals surface area contributed by atoms with Gasteiger partial charge in [-0.3, -0.25) is 0 Å². The molecule has 0 aliphatic heterocycles.